The van der Waals surface area contributed by atoms with Crippen LogP contribution >= 0.6 is 0 Å². The Labute approximate surface area is 174 Å². The summed E-state index contributed by atoms with van der Waals surface area (Å²) in [7, 11) is 0. The standard InChI is InChI=1S/C21H25N9/c1-15(2)28-7-9-29(10-8-28)18-5-3-17(4-6-18)27-20-21-23-14-26-30(21)19(13-22-20)16-11-24-25-12-16/h3-6,11-15H,7-10H2,1-2H3,(H,22,27)(H,24,25). The van der Waals surface area contributed by atoms with Crippen molar-refractivity contribution in [3.63, 3.8) is 0 Å². The molecule has 2 N–H and O–H groups in total. The molecule has 4 heterocycles. The summed E-state index contributed by atoms with van der Waals surface area (Å²) in [4.78, 5) is 13.9. The van der Waals surface area contributed by atoms with E-state index in [0.717, 1.165) is 43.1 Å². The molecule has 154 valence electrons. The van der Waals surface area contributed by atoms with E-state index in [1.54, 1.807) is 16.9 Å². The van der Waals surface area contributed by atoms with E-state index in [1.165, 1.54) is 12.0 Å². The fraction of sp³-hybridized carbons (Fsp3) is 0.333. The number of aromatic amines is 1. The van der Waals surface area contributed by atoms with Crippen molar-refractivity contribution in [2.24, 2.45) is 0 Å². The molecule has 1 aromatic carbocycles. The van der Waals surface area contributed by atoms with Crippen molar-refractivity contribution in [3.8, 4) is 11.3 Å². The van der Waals surface area contributed by atoms with Crippen LogP contribution in [0.5, 0.6) is 0 Å². The van der Waals surface area contributed by atoms with E-state index in [4.69, 9.17) is 0 Å². The first-order valence-corrected chi connectivity index (χ1v) is 10.2. The van der Waals surface area contributed by atoms with Crippen molar-refractivity contribution >= 4 is 22.8 Å². The third-order valence-corrected chi connectivity index (χ3v) is 5.64. The van der Waals surface area contributed by atoms with Gasteiger partial charge in [0.05, 0.1) is 18.1 Å². The van der Waals surface area contributed by atoms with Crippen molar-refractivity contribution < 1.29 is 0 Å². The van der Waals surface area contributed by atoms with E-state index >= 15 is 0 Å². The molecule has 1 fully saturated rings. The smallest absolute Gasteiger partial charge is 0.199 e. The molecule has 1 saturated heterocycles. The predicted octanol–water partition coefficient (Wildman–Crippen LogP) is 2.79. The summed E-state index contributed by atoms with van der Waals surface area (Å²) in [5.74, 6) is 0.665. The van der Waals surface area contributed by atoms with Crippen molar-refractivity contribution in [2.45, 2.75) is 19.9 Å². The minimum atomic E-state index is 0.611. The van der Waals surface area contributed by atoms with Gasteiger partial charge >= 0.3 is 0 Å². The summed E-state index contributed by atoms with van der Waals surface area (Å²) in [5, 5.41) is 14.5. The van der Waals surface area contributed by atoms with E-state index in [1.807, 2.05) is 6.20 Å². The fourth-order valence-electron chi connectivity index (χ4n) is 3.88. The van der Waals surface area contributed by atoms with Crippen molar-refractivity contribution in [2.75, 3.05) is 36.4 Å². The first-order chi connectivity index (χ1) is 14.7. The molecule has 3 aromatic heterocycles. The number of H-pyrrole nitrogens is 1. The minimum absolute atomic E-state index is 0.611. The Kier molecular flexibility index (Phi) is 4.80. The number of benzene rings is 1. The van der Waals surface area contributed by atoms with Crippen molar-refractivity contribution in [1.29, 1.82) is 0 Å². The Morgan fingerprint density at radius 3 is 2.50 bits per heavy atom. The number of nitrogens with zero attached hydrogens (tertiary/aromatic N) is 7. The van der Waals surface area contributed by atoms with Crippen LogP contribution in [-0.2, 0) is 0 Å². The van der Waals surface area contributed by atoms with E-state index in [0.29, 0.717) is 17.5 Å². The van der Waals surface area contributed by atoms with Gasteiger partial charge in [0, 0.05) is 55.4 Å². The number of rotatable bonds is 5. The van der Waals surface area contributed by atoms with Crippen LogP contribution in [0.1, 0.15) is 13.8 Å². The molecule has 5 rings (SSSR count). The molecule has 0 amide bonds. The number of anilines is 3. The number of fused-ring (bicyclic) bond motifs is 1. The first kappa shape index (κ1) is 18.6. The van der Waals surface area contributed by atoms with Crippen LogP contribution in [0.15, 0.2) is 49.2 Å². The van der Waals surface area contributed by atoms with Crippen LogP contribution < -0.4 is 10.2 Å². The maximum Gasteiger partial charge on any atom is 0.199 e. The fourth-order valence-corrected chi connectivity index (χ4v) is 3.88. The van der Waals surface area contributed by atoms with Gasteiger partial charge in [-0.05, 0) is 38.1 Å². The highest BCUT2D eigenvalue weighted by molar-refractivity contribution is 5.73. The Morgan fingerprint density at radius 2 is 1.80 bits per heavy atom. The zero-order valence-electron chi connectivity index (χ0n) is 17.2. The zero-order chi connectivity index (χ0) is 20.5. The van der Waals surface area contributed by atoms with Crippen LogP contribution in [0, 0.1) is 0 Å². The van der Waals surface area contributed by atoms with Gasteiger partial charge in [-0.1, -0.05) is 0 Å². The molecule has 9 nitrogen and oxygen atoms in total. The normalized spacial score (nSPS) is 15.2. The first-order valence-electron chi connectivity index (χ1n) is 10.2. The Hall–Kier alpha value is -3.46. The molecule has 1 aliphatic heterocycles. The van der Waals surface area contributed by atoms with Gasteiger partial charge in [-0.15, -0.1) is 0 Å². The Bertz CT molecular complexity index is 1110. The molecule has 0 spiro atoms. The average molecular weight is 403 g/mol. The third-order valence-electron chi connectivity index (χ3n) is 5.64. The lowest BCUT2D eigenvalue weighted by atomic mass is 10.2. The van der Waals surface area contributed by atoms with Gasteiger partial charge in [-0.3, -0.25) is 10.00 Å². The van der Waals surface area contributed by atoms with Crippen LogP contribution in [-0.4, -0.2) is 66.9 Å². The quantitative estimate of drug-likeness (QED) is 0.529. The second-order valence-corrected chi connectivity index (χ2v) is 7.76. The molecule has 0 aliphatic carbocycles. The van der Waals surface area contributed by atoms with Crippen molar-refractivity contribution in [3.05, 3.63) is 49.2 Å². The van der Waals surface area contributed by atoms with E-state index in [2.05, 4.69) is 78.5 Å². The van der Waals surface area contributed by atoms with Crippen LogP contribution in [0.25, 0.3) is 16.9 Å². The predicted molar refractivity (Wildman–Crippen MR) is 117 cm³/mol. The SMILES string of the molecule is CC(C)N1CCN(c2ccc(Nc3ncc(-c4cn[nH]c4)n4ncnc34)cc2)CC1. The van der Waals surface area contributed by atoms with Crippen LogP contribution in [0.3, 0.4) is 0 Å². The number of nitrogens with one attached hydrogen (secondary N) is 2. The second-order valence-electron chi connectivity index (χ2n) is 7.76. The van der Waals surface area contributed by atoms with Gasteiger partial charge in [-0.25, -0.2) is 14.5 Å². The molecule has 0 radical (unpaired) electrons. The van der Waals surface area contributed by atoms with Gasteiger partial charge < -0.3 is 10.2 Å². The summed E-state index contributed by atoms with van der Waals surface area (Å²) in [5.41, 5.74) is 4.62. The van der Waals surface area contributed by atoms with E-state index < -0.39 is 0 Å². The van der Waals surface area contributed by atoms with Gasteiger partial charge in [0.1, 0.15) is 6.33 Å². The maximum absolute atomic E-state index is 4.58. The van der Waals surface area contributed by atoms with Gasteiger partial charge in [0.2, 0.25) is 0 Å². The molecule has 0 saturated carbocycles. The lowest BCUT2D eigenvalue weighted by Crippen LogP contribution is -2.48. The summed E-state index contributed by atoms with van der Waals surface area (Å²) in [6, 6.07) is 9.11. The highest BCUT2D eigenvalue weighted by Crippen LogP contribution is 2.25. The maximum atomic E-state index is 4.58. The highest BCUT2D eigenvalue weighted by atomic mass is 15.3. The molecule has 9 heteroatoms. The molecule has 1 aliphatic rings. The van der Waals surface area contributed by atoms with Gasteiger partial charge in [0.15, 0.2) is 11.5 Å². The molecule has 30 heavy (non-hydrogen) atoms. The zero-order valence-corrected chi connectivity index (χ0v) is 17.2. The Balaban J connectivity index is 1.33. The van der Waals surface area contributed by atoms with Crippen molar-refractivity contribution in [1.82, 2.24) is 34.7 Å². The molecular weight excluding hydrogens is 378 g/mol. The number of hydrogen-bond donors (Lipinski definition) is 2. The molecule has 0 bridgehead atoms. The van der Waals surface area contributed by atoms with Gasteiger partial charge in [0.25, 0.3) is 0 Å². The lowest BCUT2D eigenvalue weighted by molar-refractivity contribution is 0.209. The summed E-state index contributed by atoms with van der Waals surface area (Å²) < 4.78 is 1.77. The largest absolute Gasteiger partial charge is 0.369 e. The topological polar surface area (TPSA) is 90.3 Å². The molecular formula is C21H25N9. The average Bonchev–Trinajstić information content (AvgIpc) is 3.47. The lowest BCUT2D eigenvalue weighted by Gasteiger charge is -2.38. The summed E-state index contributed by atoms with van der Waals surface area (Å²) >= 11 is 0. The summed E-state index contributed by atoms with van der Waals surface area (Å²) in [6.45, 7) is 8.85. The number of hydrogen-bond acceptors (Lipinski definition) is 7. The van der Waals surface area contributed by atoms with Crippen LogP contribution in [0.4, 0.5) is 17.2 Å². The number of aromatic nitrogens is 6. The monoisotopic (exact) mass is 403 g/mol. The molecule has 4 aromatic rings. The molecule has 0 atom stereocenters. The number of piperazine rings is 1. The highest BCUT2D eigenvalue weighted by Gasteiger charge is 2.19. The summed E-state index contributed by atoms with van der Waals surface area (Å²) in [6.07, 6.45) is 6.86. The molecule has 0 unspecified atom stereocenters. The van der Waals surface area contributed by atoms with Crippen LogP contribution in [0.2, 0.25) is 0 Å². The second kappa shape index (κ2) is 7.75. The van der Waals surface area contributed by atoms with E-state index in [-0.39, 0.29) is 0 Å². The van der Waals surface area contributed by atoms with E-state index in [9.17, 15) is 0 Å². The minimum Gasteiger partial charge on any atom is -0.369 e. The van der Waals surface area contributed by atoms with Gasteiger partial charge in [-0.2, -0.15) is 10.2 Å². The third kappa shape index (κ3) is 3.48. The Morgan fingerprint density at radius 1 is 1.00 bits per heavy atom.